The highest BCUT2D eigenvalue weighted by Crippen LogP contribution is 2.22. The molecule has 0 unspecified atom stereocenters. The molecule has 1 atom stereocenters. The van der Waals surface area contributed by atoms with Crippen LogP contribution in [0.5, 0.6) is 5.75 Å². The van der Waals surface area contributed by atoms with Gasteiger partial charge >= 0.3 is 0 Å². The van der Waals surface area contributed by atoms with Gasteiger partial charge in [-0.2, -0.15) is 0 Å². The van der Waals surface area contributed by atoms with Crippen molar-refractivity contribution in [1.29, 1.82) is 0 Å². The zero-order valence-corrected chi connectivity index (χ0v) is 11.4. The minimum Gasteiger partial charge on any atom is -0.548 e. The molecule has 4 heteroatoms. The largest absolute Gasteiger partial charge is 0.548 e. The maximum Gasteiger partial charge on any atom is 0.119 e. The van der Waals surface area contributed by atoms with E-state index in [9.17, 15) is 9.90 Å². The number of anilines is 1. The first-order valence-corrected chi connectivity index (χ1v) is 6.28. The molecule has 0 saturated carbocycles. The zero-order valence-electron chi connectivity index (χ0n) is 11.4. The van der Waals surface area contributed by atoms with Crippen molar-refractivity contribution < 1.29 is 14.6 Å². The van der Waals surface area contributed by atoms with E-state index in [4.69, 9.17) is 4.74 Å². The van der Waals surface area contributed by atoms with Gasteiger partial charge in [-0.3, -0.25) is 0 Å². The molecule has 0 aliphatic heterocycles. The van der Waals surface area contributed by atoms with E-state index in [0.717, 1.165) is 11.3 Å². The Morgan fingerprint density at radius 1 is 1.10 bits per heavy atom. The molecular weight excluding hydrogens is 254 g/mol. The number of carboxylic acids is 1. The Balaban J connectivity index is 2.20. The number of carbonyl (C=O) groups is 1. The zero-order chi connectivity index (χ0) is 14.5. The number of carbonyl (C=O) groups excluding carboxylic acids is 1. The van der Waals surface area contributed by atoms with Crippen molar-refractivity contribution in [2.75, 3.05) is 12.4 Å². The number of aryl methyl sites for hydroxylation is 1. The molecule has 0 bridgehead atoms. The highest BCUT2D eigenvalue weighted by Gasteiger charge is 2.12. The molecule has 0 spiro atoms. The molecule has 0 fully saturated rings. The molecule has 2 aromatic carbocycles. The van der Waals surface area contributed by atoms with Crippen molar-refractivity contribution in [3.8, 4) is 5.75 Å². The van der Waals surface area contributed by atoms with Gasteiger partial charge in [0.25, 0.3) is 0 Å². The summed E-state index contributed by atoms with van der Waals surface area (Å²) in [6.07, 6.45) is 0. The molecule has 0 radical (unpaired) electrons. The fraction of sp³-hybridized carbons (Fsp3) is 0.188. The minimum atomic E-state index is -1.16. The molecule has 4 nitrogen and oxygen atoms in total. The van der Waals surface area contributed by atoms with Crippen molar-refractivity contribution in [2.45, 2.75) is 13.0 Å². The van der Waals surface area contributed by atoms with E-state index < -0.39 is 12.0 Å². The van der Waals surface area contributed by atoms with E-state index >= 15 is 0 Å². The third kappa shape index (κ3) is 3.29. The summed E-state index contributed by atoms with van der Waals surface area (Å²) in [4.78, 5) is 11.3. The van der Waals surface area contributed by atoms with Crippen LogP contribution in [0.25, 0.3) is 0 Å². The van der Waals surface area contributed by atoms with Crippen LogP contribution in [0.4, 0.5) is 5.69 Å². The fourth-order valence-corrected chi connectivity index (χ4v) is 1.89. The smallest absolute Gasteiger partial charge is 0.119 e. The summed E-state index contributed by atoms with van der Waals surface area (Å²) in [5.41, 5.74) is 2.43. The molecule has 0 amide bonds. The van der Waals surface area contributed by atoms with Gasteiger partial charge in [0.15, 0.2) is 0 Å². The lowest BCUT2D eigenvalue weighted by Gasteiger charge is -2.21. The summed E-state index contributed by atoms with van der Waals surface area (Å²) in [7, 11) is 1.58. The second-order valence-electron chi connectivity index (χ2n) is 4.54. The lowest BCUT2D eigenvalue weighted by molar-refractivity contribution is -0.307. The molecule has 20 heavy (non-hydrogen) atoms. The molecular formula is C16H16NO3-. The van der Waals surface area contributed by atoms with Gasteiger partial charge in [-0.15, -0.1) is 0 Å². The molecule has 104 valence electrons. The molecule has 2 aromatic rings. The van der Waals surface area contributed by atoms with Gasteiger partial charge in [0, 0.05) is 5.69 Å². The molecule has 0 aliphatic carbocycles. The number of methoxy groups -OCH3 is 1. The van der Waals surface area contributed by atoms with Gasteiger partial charge in [0.2, 0.25) is 0 Å². The minimum absolute atomic E-state index is 0.659. The molecule has 0 heterocycles. The third-order valence-corrected chi connectivity index (χ3v) is 3.05. The highest BCUT2D eigenvalue weighted by molar-refractivity contribution is 5.77. The van der Waals surface area contributed by atoms with Gasteiger partial charge in [-0.1, -0.05) is 29.8 Å². The van der Waals surface area contributed by atoms with Crippen LogP contribution >= 0.6 is 0 Å². The van der Waals surface area contributed by atoms with Crippen molar-refractivity contribution in [3.63, 3.8) is 0 Å². The Hall–Kier alpha value is -2.49. The first-order chi connectivity index (χ1) is 9.60. The quantitative estimate of drug-likeness (QED) is 0.901. The number of benzene rings is 2. The normalized spacial score (nSPS) is 11.7. The maximum absolute atomic E-state index is 11.3. The van der Waals surface area contributed by atoms with Crippen LogP contribution in [0.1, 0.15) is 17.2 Å². The summed E-state index contributed by atoms with van der Waals surface area (Å²) in [6.45, 7) is 1.95. The third-order valence-electron chi connectivity index (χ3n) is 3.05. The molecule has 1 N–H and O–H groups in total. The highest BCUT2D eigenvalue weighted by atomic mass is 16.5. The summed E-state index contributed by atoms with van der Waals surface area (Å²) in [6, 6.07) is 13.5. The second-order valence-corrected chi connectivity index (χ2v) is 4.54. The number of hydrogen-bond donors (Lipinski definition) is 1. The Labute approximate surface area is 118 Å². The lowest BCUT2D eigenvalue weighted by atomic mass is 10.0. The Bertz CT molecular complexity index is 576. The fourth-order valence-electron chi connectivity index (χ4n) is 1.89. The molecule has 0 saturated heterocycles. The van der Waals surface area contributed by atoms with Crippen molar-refractivity contribution in [2.24, 2.45) is 0 Å². The predicted molar refractivity (Wildman–Crippen MR) is 75.5 cm³/mol. The summed E-state index contributed by atoms with van der Waals surface area (Å²) < 4.78 is 5.06. The van der Waals surface area contributed by atoms with Gasteiger partial charge in [-0.25, -0.2) is 0 Å². The number of carboxylic acid groups (broad SMARTS) is 1. The maximum atomic E-state index is 11.3. The number of rotatable bonds is 5. The Kier molecular flexibility index (Phi) is 4.25. The van der Waals surface area contributed by atoms with E-state index in [0.29, 0.717) is 11.3 Å². The monoisotopic (exact) mass is 270 g/mol. The number of nitrogens with one attached hydrogen (secondary N) is 1. The number of aliphatic carboxylic acids is 1. The molecule has 2 rings (SSSR count). The van der Waals surface area contributed by atoms with E-state index in [-0.39, 0.29) is 0 Å². The van der Waals surface area contributed by atoms with Gasteiger partial charge in [0.05, 0.1) is 19.1 Å². The van der Waals surface area contributed by atoms with E-state index in [2.05, 4.69) is 5.32 Å². The van der Waals surface area contributed by atoms with Crippen molar-refractivity contribution >= 4 is 11.7 Å². The summed E-state index contributed by atoms with van der Waals surface area (Å²) >= 11 is 0. The van der Waals surface area contributed by atoms with Crippen LogP contribution in [-0.4, -0.2) is 13.1 Å². The summed E-state index contributed by atoms with van der Waals surface area (Å²) in [5, 5.41) is 14.3. The van der Waals surface area contributed by atoms with Crippen LogP contribution in [0.2, 0.25) is 0 Å². The number of ether oxygens (including phenoxy) is 1. The van der Waals surface area contributed by atoms with E-state index in [1.165, 1.54) is 0 Å². The van der Waals surface area contributed by atoms with Crippen LogP contribution in [0.15, 0.2) is 48.5 Å². The Morgan fingerprint density at radius 2 is 1.70 bits per heavy atom. The first-order valence-electron chi connectivity index (χ1n) is 6.28. The van der Waals surface area contributed by atoms with E-state index in [1.54, 1.807) is 43.5 Å². The van der Waals surface area contributed by atoms with Crippen LogP contribution in [-0.2, 0) is 4.79 Å². The number of hydrogen-bond acceptors (Lipinski definition) is 4. The SMILES string of the molecule is COc1ccc(N[C@H](C(=O)[O-])c2ccc(C)cc2)cc1. The first kappa shape index (κ1) is 13.9. The lowest BCUT2D eigenvalue weighted by Crippen LogP contribution is -2.34. The van der Waals surface area contributed by atoms with E-state index in [1.807, 2.05) is 19.1 Å². The second kappa shape index (κ2) is 6.10. The predicted octanol–water partition coefficient (Wildman–Crippen LogP) is 1.91. The Morgan fingerprint density at radius 3 is 2.20 bits per heavy atom. The molecule has 0 aromatic heterocycles. The van der Waals surface area contributed by atoms with Crippen LogP contribution in [0.3, 0.4) is 0 Å². The summed E-state index contributed by atoms with van der Waals surface area (Å²) in [5.74, 6) is -0.444. The van der Waals surface area contributed by atoms with Gasteiger partial charge in [0.1, 0.15) is 5.75 Å². The van der Waals surface area contributed by atoms with Crippen LogP contribution in [0, 0.1) is 6.92 Å². The van der Waals surface area contributed by atoms with Gasteiger partial charge in [-0.05, 0) is 36.8 Å². The topological polar surface area (TPSA) is 61.4 Å². The van der Waals surface area contributed by atoms with Crippen LogP contribution < -0.4 is 15.2 Å². The van der Waals surface area contributed by atoms with Crippen molar-refractivity contribution in [3.05, 3.63) is 59.7 Å². The standard InChI is InChI=1S/C16H17NO3/c1-11-3-5-12(6-4-11)15(16(18)19)17-13-7-9-14(20-2)10-8-13/h3-10,15,17H,1-2H3,(H,18,19)/p-1/t15-/m0/s1. The molecule has 0 aliphatic rings. The van der Waals surface area contributed by atoms with Gasteiger partial charge < -0.3 is 20.0 Å². The average Bonchev–Trinajstić information content (AvgIpc) is 2.46. The van der Waals surface area contributed by atoms with Crippen molar-refractivity contribution in [1.82, 2.24) is 0 Å². The average molecular weight is 270 g/mol.